The van der Waals surface area contributed by atoms with E-state index in [9.17, 15) is 9.59 Å². The minimum atomic E-state index is -0.492. The predicted octanol–water partition coefficient (Wildman–Crippen LogP) is 3.85. The molecule has 1 unspecified atom stereocenters. The fourth-order valence-corrected chi connectivity index (χ4v) is 3.21. The van der Waals surface area contributed by atoms with Gasteiger partial charge in [0.25, 0.3) is 0 Å². The lowest BCUT2D eigenvalue weighted by molar-refractivity contribution is -0.140. The summed E-state index contributed by atoms with van der Waals surface area (Å²) in [5, 5.41) is 2.91. The molecule has 1 aromatic carbocycles. The van der Waals surface area contributed by atoms with Crippen molar-refractivity contribution >= 4 is 34.6 Å². The van der Waals surface area contributed by atoms with Gasteiger partial charge in [-0.25, -0.2) is 9.59 Å². The third kappa shape index (κ3) is 4.09. The van der Waals surface area contributed by atoms with Gasteiger partial charge in [0.2, 0.25) is 0 Å². The molecule has 0 radical (unpaired) electrons. The third-order valence-electron chi connectivity index (χ3n) is 4.12. The smallest absolute Gasteiger partial charge is 0.338 e. The molecule has 0 aromatic heterocycles. The molecule has 1 atom stereocenters. The zero-order valence-corrected chi connectivity index (χ0v) is 16.6. The van der Waals surface area contributed by atoms with E-state index < -0.39 is 6.04 Å². The summed E-state index contributed by atoms with van der Waals surface area (Å²) in [5.74, 6) is 0.0946. The summed E-state index contributed by atoms with van der Waals surface area (Å²) in [7, 11) is 1.65. The Kier molecular flexibility index (Phi) is 6.26. The van der Waals surface area contributed by atoms with Gasteiger partial charge in [0.1, 0.15) is 0 Å². The number of esters is 1. The quantitative estimate of drug-likeness (QED) is 0.557. The Morgan fingerprint density at radius 3 is 2.67 bits per heavy atom. The highest BCUT2D eigenvalue weighted by Crippen LogP contribution is 2.32. The van der Waals surface area contributed by atoms with Gasteiger partial charge in [0.15, 0.2) is 0 Å². The van der Waals surface area contributed by atoms with Gasteiger partial charge in [-0.05, 0) is 53.5 Å². The molecule has 2 amide bonds. The van der Waals surface area contributed by atoms with Crippen molar-refractivity contribution in [1.82, 2.24) is 10.2 Å². The van der Waals surface area contributed by atoms with Gasteiger partial charge in [-0.3, -0.25) is 0 Å². The third-order valence-corrected chi connectivity index (χ3v) is 5.10. The zero-order chi connectivity index (χ0) is 17.9. The van der Waals surface area contributed by atoms with E-state index in [-0.39, 0.29) is 12.0 Å². The van der Waals surface area contributed by atoms with Crippen LogP contribution in [0.2, 0.25) is 0 Å². The van der Waals surface area contributed by atoms with E-state index in [1.165, 1.54) is 4.90 Å². The summed E-state index contributed by atoms with van der Waals surface area (Å²) in [6, 6.07) is 6.99. The van der Waals surface area contributed by atoms with Gasteiger partial charge in [0, 0.05) is 16.3 Å². The number of halogens is 1. The molecule has 0 aliphatic carbocycles. The lowest BCUT2D eigenvalue weighted by Crippen LogP contribution is -2.46. The van der Waals surface area contributed by atoms with Crippen molar-refractivity contribution in [1.29, 1.82) is 0 Å². The largest absolute Gasteiger partial charge is 0.462 e. The van der Waals surface area contributed by atoms with Crippen molar-refractivity contribution in [3.05, 3.63) is 44.7 Å². The number of carbonyl (C=O) groups is 2. The minimum Gasteiger partial charge on any atom is -0.462 e. The number of amides is 2. The first kappa shape index (κ1) is 18.8. The summed E-state index contributed by atoms with van der Waals surface area (Å²) in [6.07, 6.45) is 0.813. The Labute approximate surface area is 156 Å². The number of hydrogen-bond donors (Lipinski definition) is 1. The number of benzene rings is 1. The molecule has 0 spiro atoms. The first-order valence-electron chi connectivity index (χ1n) is 7.99. The molecule has 1 N–H and O–H groups in total. The number of urea groups is 1. The van der Waals surface area contributed by atoms with Gasteiger partial charge >= 0.3 is 12.0 Å². The van der Waals surface area contributed by atoms with Gasteiger partial charge in [-0.1, -0.05) is 32.0 Å². The van der Waals surface area contributed by atoms with Crippen molar-refractivity contribution in [3.8, 4) is 0 Å². The number of rotatable bonds is 5. The van der Waals surface area contributed by atoms with Crippen molar-refractivity contribution < 1.29 is 14.3 Å². The van der Waals surface area contributed by atoms with E-state index in [1.54, 1.807) is 14.0 Å². The van der Waals surface area contributed by atoms with Crippen LogP contribution in [0.4, 0.5) is 4.79 Å². The molecular formula is C18H23IN2O3. The van der Waals surface area contributed by atoms with Gasteiger partial charge in [-0.15, -0.1) is 0 Å². The molecular weight excluding hydrogens is 419 g/mol. The van der Waals surface area contributed by atoms with Crippen molar-refractivity contribution in [2.24, 2.45) is 5.92 Å². The normalized spacial score (nSPS) is 18.0. The van der Waals surface area contributed by atoms with Crippen LogP contribution in [0.1, 0.15) is 38.8 Å². The Morgan fingerprint density at radius 1 is 1.38 bits per heavy atom. The van der Waals surface area contributed by atoms with E-state index in [1.807, 2.05) is 24.3 Å². The molecule has 0 fully saturated rings. The molecule has 24 heavy (non-hydrogen) atoms. The van der Waals surface area contributed by atoms with Crippen LogP contribution in [0.5, 0.6) is 0 Å². The molecule has 0 saturated carbocycles. The average Bonchev–Trinajstić information content (AvgIpc) is 2.52. The van der Waals surface area contributed by atoms with Crippen LogP contribution in [0.3, 0.4) is 0 Å². The van der Waals surface area contributed by atoms with E-state index >= 15 is 0 Å². The summed E-state index contributed by atoms with van der Waals surface area (Å²) >= 11 is 2.21. The van der Waals surface area contributed by atoms with E-state index in [4.69, 9.17) is 4.74 Å². The number of allylic oxidation sites excluding steroid dienone is 1. The summed E-state index contributed by atoms with van der Waals surface area (Å²) in [6.45, 7) is 6.33. The molecule has 0 bridgehead atoms. The van der Waals surface area contributed by atoms with Crippen LogP contribution in [-0.4, -0.2) is 30.6 Å². The van der Waals surface area contributed by atoms with E-state index in [0.717, 1.165) is 15.6 Å². The van der Waals surface area contributed by atoms with E-state index in [0.29, 0.717) is 23.8 Å². The lowest BCUT2D eigenvalue weighted by atomic mass is 9.95. The maximum Gasteiger partial charge on any atom is 0.338 e. The first-order valence-corrected chi connectivity index (χ1v) is 9.07. The second-order valence-electron chi connectivity index (χ2n) is 6.28. The Balaban J connectivity index is 2.36. The highest BCUT2D eigenvalue weighted by Gasteiger charge is 2.35. The Hall–Kier alpha value is -1.57. The second kappa shape index (κ2) is 8.00. The number of hydrogen-bond acceptors (Lipinski definition) is 3. The van der Waals surface area contributed by atoms with Crippen LogP contribution >= 0.6 is 22.6 Å². The molecule has 5 nitrogen and oxygen atoms in total. The van der Waals surface area contributed by atoms with Crippen molar-refractivity contribution in [3.63, 3.8) is 0 Å². The Morgan fingerprint density at radius 2 is 2.04 bits per heavy atom. The molecule has 1 aromatic rings. The predicted molar refractivity (Wildman–Crippen MR) is 101 cm³/mol. The van der Waals surface area contributed by atoms with Crippen LogP contribution < -0.4 is 5.32 Å². The minimum absolute atomic E-state index is 0.226. The van der Waals surface area contributed by atoms with Crippen LogP contribution in [0, 0.1) is 9.49 Å². The van der Waals surface area contributed by atoms with Gasteiger partial charge in [-0.2, -0.15) is 0 Å². The molecule has 6 heteroatoms. The standard InChI is InChI=1S/C18H23IN2O3/c1-11(2)9-10-24-17(22)15-12(3)21(4)18(23)20-16(15)13-7-5-6-8-14(13)19/h5-8,11,16H,9-10H2,1-4H3,(H,20,23). The zero-order valence-electron chi connectivity index (χ0n) is 14.4. The number of carbonyl (C=O) groups excluding carboxylic acids is 2. The van der Waals surface area contributed by atoms with E-state index in [2.05, 4.69) is 41.8 Å². The Bertz CT molecular complexity index is 670. The fraction of sp³-hybridized carbons (Fsp3) is 0.444. The molecule has 0 saturated heterocycles. The summed E-state index contributed by atoms with van der Waals surface area (Å²) in [4.78, 5) is 26.3. The first-order chi connectivity index (χ1) is 11.3. The maximum atomic E-state index is 12.7. The second-order valence-corrected chi connectivity index (χ2v) is 7.44. The summed E-state index contributed by atoms with van der Waals surface area (Å²) in [5.41, 5.74) is 2.01. The number of nitrogens with zero attached hydrogens (tertiary/aromatic N) is 1. The average molecular weight is 442 g/mol. The summed E-state index contributed by atoms with van der Waals surface area (Å²) < 4.78 is 6.45. The monoisotopic (exact) mass is 442 g/mol. The highest BCUT2D eigenvalue weighted by atomic mass is 127. The van der Waals surface area contributed by atoms with Crippen molar-refractivity contribution in [2.45, 2.75) is 33.2 Å². The highest BCUT2D eigenvalue weighted by molar-refractivity contribution is 14.1. The molecule has 1 aliphatic heterocycles. The fourth-order valence-electron chi connectivity index (χ4n) is 2.51. The topological polar surface area (TPSA) is 58.6 Å². The number of nitrogens with one attached hydrogen (secondary N) is 1. The molecule has 1 aliphatic rings. The maximum absolute atomic E-state index is 12.7. The van der Waals surface area contributed by atoms with Gasteiger partial charge < -0.3 is 15.0 Å². The van der Waals surface area contributed by atoms with Crippen LogP contribution in [-0.2, 0) is 9.53 Å². The van der Waals surface area contributed by atoms with Crippen LogP contribution in [0.15, 0.2) is 35.5 Å². The molecule has 1 heterocycles. The SMILES string of the molecule is CC1=C(C(=O)OCCC(C)C)C(c2ccccc2I)NC(=O)N1C. The lowest BCUT2D eigenvalue weighted by Gasteiger charge is -2.33. The van der Waals surface area contributed by atoms with Gasteiger partial charge in [0.05, 0.1) is 18.2 Å². The number of ether oxygens (including phenoxy) is 1. The molecule has 130 valence electrons. The van der Waals surface area contributed by atoms with Crippen molar-refractivity contribution in [2.75, 3.05) is 13.7 Å². The van der Waals surface area contributed by atoms with Crippen LogP contribution in [0.25, 0.3) is 0 Å². The molecule has 2 rings (SSSR count).